The van der Waals surface area contributed by atoms with Crippen molar-refractivity contribution in [3.63, 3.8) is 0 Å². The molecule has 1 saturated heterocycles. The molecule has 2 aromatic rings. The molecule has 3 heterocycles. The van der Waals surface area contributed by atoms with Crippen molar-refractivity contribution in [1.82, 2.24) is 29.4 Å². The highest BCUT2D eigenvalue weighted by molar-refractivity contribution is 5.81. The van der Waals surface area contributed by atoms with Gasteiger partial charge in [0, 0.05) is 18.9 Å². The summed E-state index contributed by atoms with van der Waals surface area (Å²) >= 11 is 0. The fourth-order valence-corrected chi connectivity index (χ4v) is 3.17. The molecule has 7 heteroatoms. The van der Waals surface area contributed by atoms with E-state index in [0.717, 1.165) is 25.9 Å². The zero-order chi connectivity index (χ0) is 15.5. The molecular formula is C15H22N6O. The van der Waals surface area contributed by atoms with Crippen LogP contribution in [0.5, 0.6) is 0 Å². The largest absolute Gasteiger partial charge is 0.336 e. The number of rotatable bonds is 5. The van der Waals surface area contributed by atoms with Crippen molar-refractivity contribution >= 4 is 5.91 Å². The highest BCUT2D eigenvalue weighted by Gasteiger charge is 2.35. The summed E-state index contributed by atoms with van der Waals surface area (Å²) < 4.78 is 3.58. The second kappa shape index (κ2) is 6.29. The molecule has 2 atom stereocenters. The van der Waals surface area contributed by atoms with Crippen molar-refractivity contribution in [3.8, 4) is 0 Å². The zero-order valence-corrected chi connectivity index (χ0v) is 13.0. The molecule has 0 radical (unpaired) electrons. The van der Waals surface area contributed by atoms with Gasteiger partial charge in [-0.1, -0.05) is 13.8 Å². The number of amides is 1. The first-order valence-electron chi connectivity index (χ1n) is 7.79. The Labute approximate surface area is 129 Å². The summed E-state index contributed by atoms with van der Waals surface area (Å²) in [5, 5.41) is 8.43. The number of nitrogens with zero attached hydrogens (tertiary/aromatic N) is 6. The third-order valence-electron chi connectivity index (χ3n) is 4.22. The average molecular weight is 302 g/mol. The fourth-order valence-electron chi connectivity index (χ4n) is 3.17. The Morgan fingerprint density at radius 2 is 2.23 bits per heavy atom. The first-order valence-corrected chi connectivity index (χ1v) is 7.79. The third-order valence-corrected chi connectivity index (χ3v) is 4.22. The first-order chi connectivity index (χ1) is 10.7. The quantitative estimate of drug-likeness (QED) is 0.836. The third kappa shape index (κ3) is 2.88. The van der Waals surface area contributed by atoms with Crippen LogP contribution in [-0.4, -0.2) is 47.9 Å². The molecule has 3 rings (SSSR count). The van der Waals surface area contributed by atoms with Crippen molar-refractivity contribution in [3.05, 3.63) is 31.1 Å². The Morgan fingerprint density at radius 1 is 1.36 bits per heavy atom. The van der Waals surface area contributed by atoms with Gasteiger partial charge in [-0.15, -0.1) is 0 Å². The van der Waals surface area contributed by atoms with E-state index in [2.05, 4.69) is 15.2 Å². The van der Waals surface area contributed by atoms with Gasteiger partial charge in [-0.3, -0.25) is 9.48 Å². The van der Waals surface area contributed by atoms with Gasteiger partial charge in [0.1, 0.15) is 18.7 Å². The molecule has 0 saturated carbocycles. The van der Waals surface area contributed by atoms with Gasteiger partial charge in [-0.2, -0.15) is 10.2 Å². The molecule has 7 nitrogen and oxygen atoms in total. The lowest BCUT2D eigenvalue weighted by molar-refractivity contribution is -0.137. The second-order valence-electron chi connectivity index (χ2n) is 6.12. The number of aromatic nitrogens is 5. The van der Waals surface area contributed by atoms with Crippen molar-refractivity contribution in [2.75, 3.05) is 6.54 Å². The van der Waals surface area contributed by atoms with Gasteiger partial charge in [0.25, 0.3) is 0 Å². The molecule has 0 N–H and O–H groups in total. The Kier molecular flexibility index (Phi) is 4.22. The van der Waals surface area contributed by atoms with Crippen molar-refractivity contribution in [2.45, 2.75) is 45.3 Å². The van der Waals surface area contributed by atoms with Gasteiger partial charge in [0.2, 0.25) is 5.91 Å². The van der Waals surface area contributed by atoms with Crippen molar-refractivity contribution < 1.29 is 4.79 Å². The lowest BCUT2D eigenvalue weighted by Gasteiger charge is -2.30. The summed E-state index contributed by atoms with van der Waals surface area (Å²) in [6, 6.07) is 1.82. The average Bonchev–Trinajstić information content (AvgIpc) is 3.19. The molecule has 0 spiro atoms. The van der Waals surface area contributed by atoms with Crippen LogP contribution in [-0.2, 0) is 11.3 Å². The van der Waals surface area contributed by atoms with Gasteiger partial charge in [-0.05, 0) is 24.8 Å². The van der Waals surface area contributed by atoms with Crippen LogP contribution >= 0.6 is 0 Å². The number of hydrogen-bond donors (Lipinski definition) is 0. The van der Waals surface area contributed by atoms with E-state index in [0.29, 0.717) is 0 Å². The van der Waals surface area contributed by atoms with Crippen LogP contribution in [0.3, 0.4) is 0 Å². The Balaban J connectivity index is 1.77. The highest BCUT2D eigenvalue weighted by Crippen LogP contribution is 2.26. The van der Waals surface area contributed by atoms with E-state index in [-0.39, 0.29) is 23.9 Å². The van der Waals surface area contributed by atoms with Gasteiger partial charge in [-0.25, -0.2) is 9.67 Å². The first kappa shape index (κ1) is 14.7. The molecule has 0 aliphatic carbocycles. The predicted molar refractivity (Wildman–Crippen MR) is 80.9 cm³/mol. The lowest BCUT2D eigenvalue weighted by atomic mass is 10.0. The van der Waals surface area contributed by atoms with Crippen LogP contribution in [0.1, 0.15) is 32.7 Å². The molecule has 0 bridgehead atoms. The summed E-state index contributed by atoms with van der Waals surface area (Å²) in [6.45, 7) is 5.65. The fraction of sp³-hybridized carbons (Fsp3) is 0.600. The molecule has 0 unspecified atom stereocenters. The topological polar surface area (TPSA) is 68.8 Å². The minimum absolute atomic E-state index is 0.134. The summed E-state index contributed by atoms with van der Waals surface area (Å²) in [5.41, 5.74) is 0. The summed E-state index contributed by atoms with van der Waals surface area (Å²) in [6.07, 6.45) is 8.88. The standard InChI is InChI=1S/C15H22N6O/c1-12(2)14(21-11-16-10-18-21)15(22)20-8-3-5-13(20)9-19-7-4-6-17-19/h4,6-7,10-14H,3,5,8-9H2,1-2H3/t13-,14+/m0/s1. The van der Waals surface area contributed by atoms with Gasteiger partial charge in [0.15, 0.2) is 0 Å². The molecule has 2 aromatic heterocycles. The van der Waals surface area contributed by atoms with Crippen LogP contribution < -0.4 is 0 Å². The minimum Gasteiger partial charge on any atom is -0.336 e. The monoisotopic (exact) mass is 302 g/mol. The van der Waals surface area contributed by atoms with Crippen molar-refractivity contribution in [2.24, 2.45) is 5.92 Å². The molecule has 1 aliphatic heterocycles. The number of carbonyl (C=O) groups is 1. The van der Waals surface area contributed by atoms with E-state index in [9.17, 15) is 4.79 Å². The van der Waals surface area contributed by atoms with Crippen LogP contribution in [0, 0.1) is 5.92 Å². The minimum atomic E-state index is -0.291. The number of likely N-dealkylation sites (tertiary alicyclic amines) is 1. The molecule has 22 heavy (non-hydrogen) atoms. The van der Waals surface area contributed by atoms with Gasteiger partial charge in [0.05, 0.1) is 12.6 Å². The van der Waals surface area contributed by atoms with Crippen LogP contribution in [0.25, 0.3) is 0 Å². The maximum Gasteiger partial charge on any atom is 0.248 e. The number of carbonyl (C=O) groups excluding carboxylic acids is 1. The maximum atomic E-state index is 13.0. The Bertz CT molecular complexity index is 592. The van der Waals surface area contributed by atoms with Crippen LogP contribution in [0.2, 0.25) is 0 Å². The van der Waals surface area contributed by atoms with Gasteiger partial charge >= 0.3 is 0 Å². The predicted octanol–water partition coefficient (Wildman–Crippen LogP) is 1.36. The summed E-state index contributed by atoms with van der Waals surface area (Å²) in [7, 11) is 0. The van der Waals surface area contributed by atoms with Crippen LogP contribution in [0.4, 0.5) is 0 Å². The SMILES string of the molecule is CC(C)[C@H](C(=O)N1CCC[C@H]1Cn1cccn1)n1cncn1. The molecule has 1 amide bonds. The van der Waals surface area contributed by atoms with E-state index < -0.39 is 0 Å². The lowest BCUT2D eigenvalue weighted by Crippen LogP contribution is -2.44. The summed E-state index contributed by atoms with van der Waals surface area (Å²) in [4.78, 5) is 19.0. The molecule has 1 aliphatic rings. The Morgan fingerprint density at radius 3 is 2.86 bits per heavy atom. The molecule has 1 fully saturated rings. The molecular weight excluding hydrogens is 280 g/mol. The van der Waals surface area contributed by atoms with E-state index in [4.69, 9.17) is 0 Å². The van der Waals surface area contributed by atoms with Crippen molar-refractivity contribution in [1.29, 1.82) is 0 Å². The smallest absolute Gasteiger partial charge is 0.248 e. The zero-order valence-electron chi connectivity index (χ0n) is 13.0. The maximum absolute atomic E-state index is 13.0. The van der Waals surface area contributed by atoms with Gasteiger partial charge < -0.3 is 4.90 Å². The van der Waals surface area contributed by atoms with E-state index in [1.54, 1.807) is 17.2 Å². The Hall–Kier alpha value is -2.18. The van der Waals surface area contributed by atoms with E-state index in [1.807, 2.05) is 35.7 Å². The molecule has 0 aromatic carbocycles. The van der Waals surface area contributed by atoms with E-state index in [1.165, 1.54) is 6.33 Å². The second-order valence-corrected chi connectivity index (χ2v) is 6.12. The van der Waals surface area contributed by atoms with Crippen LogP contribution in [0.15, 0.2) is 31.1 Å². The molecule has 118 valence electrons. The van der Waals surface area contributed by atoms with E-state index >= 15 is 0 Å². The number of hydrogen-bond acceptors (Lipinski definition) is 4. The summed E-state index contributed by atoms with van der Waals surface area (Å²) in [5.74, 6) is 0.301. The normalized spacial score (nSPS) is 19.8. The highest BCUT2D eigenvalue weighted by atomic mass is 16.2.